The molecule has 9 nitrogen and oxygen atoms in total. The number of carbonyl (C=O) groups excluding carboxylic acids is 2. The van der Waals surface area contributed by atoms with Crippen LogP contribution in [0.5, 0.6) is 17.2 Å². The van der Waals surface area contributed by atoms with Gasteiger partial charge in [-0.05, 0) is 36.1 Å². The number of carbonyl (C=O) groups is 2. The molecule has 4 aromatic rings. The summed E-state index contributed by atoms with van der Waals surface area (Å²) in [5.74, 6) is 2.90. The molecule has 0 spiro atoms. The molecule has 2 aliphatic heterocycles. The lowest BCUT2D eigenvalue weighted by Crippen LogP contribution is -2.41. The van der Waals surface area contributed by atoms with Crippen LogP contribution in [0.15, 0.2) is 59.8 Å². The summed E-state index contributed by atoms with van der Waals surface area (Å²) in [5.41, 5.74) is 1.16. The van der Waals surface area contributed by atoms with Crippen LogP contribution in [0.3, 0.4) is 0 Å². The Morgan fingerprint density at radius 2 is 1.72 bits per heavy atom. The molecule has 10 heteroatoms. The summed E-state index contributed by atoms with van der Waals surface area (Å²) in [7, 11) is 1.88. The molecule has 0 saturated carbocycles. The lowest BCUT2D eigenvalue weighted by atomic mass is 9.94. The molecule has 3 heterocycles. The number of nitrogens with zero attached hydrogens (tertiary/aromatic N) is 4. The molecule has 3 aromatic carbocycles. The molecular weight excluding hydrogens is 480 g/mol. The Labute approximate surface area is 211 Å². The third kappa shape index (κ3) is 3.93. The van der Waals surface area contributed by atoms with Gasteiger partial charge in [0.15, 0.2) is 22.5 Å². The first kappa shape index (κ1) is 22.4. The van der Waals surface area contributed by atoms with Crippen LogP contribution in [-0.2, 0) is 13.7 Å². The summed E-state index contributed by atoms with van der Waals surface area (Å²) < 4.78 is 18.4. The van der Waals surface area contributed by atoms with E-state index in [-0.39, 0.29) is 25.2 Å². The fraction of sp³-hybridized carbons (Fsp3) is 0.231. The van der Waals surface area contributed by atoms with Crippen LogP contribution >= 0.6 is 11.8 Å². The van der Waals surface area contributed by atoms with Crippen LogP contribution in [0.4, 0.5) is 0 Å². The van der Waals surface area contributed by atoms with Gasteiger partial charge in [-0.15, -0.1) is 10.2 Å². The number of fused-ring (bicyclic) bond motifs is 1. The number of imide groups is 1. The minimum absolute atomic E-state index is 0.214. The number of ether oxygens (including phenoxy) is 3. The van der Waals surface area contributed by atoms with E-state index >= 15 is 0 Å². The van der Waals surface area contributed by atoms with Crippen molar-refractivity contribution in [3.63, 3.8) is 0 Å². The van der Waals surface area contributed by atoms with Gasteiger partial charge in [0, 0.05) is 41.9 Å². The third-order valence-electron chi connectivity index (χ3n) is 6.25. The fourth-order valence-corrected chi connectivity index (χ4v) is 5.23. The fourth-order valence-electron chi connectivity index (χ4n) is 4.38. The molecule has 0 saturated heterocycles. The molecule has 2 amide bonds. The van der Waals surface area contributed by atoms with Crippen LogP contribution in [0, 0.1) is 0 Å². The summed E-state index contributed by atoms with van der Waals surface area (Å²) in [6.45, 7) is 0.810. The number of amides is 2. The predicted octanol–water partition coefficient (Wildman–Crippen LogP) is 4.05. The first-order chi connectivity index (χ1) is 17.6. The van der Waals surface area contributed by atoms with Crippen LogP contribution in [-0.4, -0.2) is 50.6 Å². The highest BCUT2D eigenvalue weighted by atomic mass is 32.2. The van der Waals surface area contributed by atoms with Crippen molar-refractivity contribution in [2.75, 3.05) is 19.1 Å². The van der Waals surface area contributed by atoms with E-state index in [0.717, 1.165) is 15.9 Å². The topological polar surface area (TPSA) is 95.8 Å². The molecule has 0 atom stereocenters. The zero-order valence-corrected chi connectivity index (χ0v) is 20.3. The van der Waals surface area contributed by atoms with E-state index in [4.69, 9.17) is 14.2 Å². The summed E-state index contributed by atoms with van der Waals surface area (Å²) in [6.07, 6.45) is 0.635. The van der Waals surface area contributed by atoms with Crippen LogP contribution < -0.4 is 14.2 Å². The summed E-state index contributed by atoms with van der Waals surface area (Å²) >= 11 is 1.52. The molecule has 0 bridgehead atoms. The Hall–Kier alpha value is -4.05. The number of hydrogen-bond acceptors (Lipinski definition) is 8. The third-order valence-corrected chi connectivity index (χ3v) is 7.36. The quantitative estimate of drug-likeness (QED) is 0.202. The Morgan fingerprint density at radius 3 is 2.50 bits per heavy atom. The van der Waals surface area contributed by atoms with Gasteiger partial charge in [-0.3, -0.25) is 14.5 Å². The first-order valence-corrected chi connectivity index (χ1v) is 12.5. The number of benzene rings is 3. The molecule has 0 fully saturated rings. The van der Waals surface area contributed by atoms with Gasteiger partial charge in [0.25, 0.3) is 11.8 Å². The minimum atomic E-state index is -0.240. The number of thioether (sulfide) groups is 1. The summed E-state index contributed by atoms with van der Waals surface area (Å²) in [5, 5.41) is 10.9. The van der Waals surface area contributed by atoms with Crippen molar-refractivity contribution in [2.24, 2.45) is 7.05 Å². The Balaban J connectivity index is 1.05. The number of aromatic nitrogens is 3. The predicted molar refractivity (Wildman–Crippen MR) is 133 cm³/mol. The van der Waals surface area contributed by atoms with Crippen LogP contribution in [0.1, 0.15) is 33.0 Å². The molecule has 0 N–H and O–H groups in total. The van der Waals surface area contributed by atoms with Crippen molar-refractivity contribution in [3.05, 3.63) is 71.5 Å². The highest BCUT2D eigenvalue weighted by Gasteiger charge is 2.32. The molecule has 6 rings (SSSR count). The average molecular weight is 503 g/mol. The van der Waals surface area contributed by atoms with Crippen molar-refractivity contribution in [1.82, 2.24) is 19.7 Å². The number of rotatable bonds is 8. The van der Waals surface area contributed by atoms with Crippen molar-refractivity contribution < 1.29 is 23.8 Å². The molecule has 0 unspecified atom stereocenters. The van der Waals surface area contributed by atoms with Gasteiger partial charge in [-0.2, -0.15) is 0 Å². The molecule has 182 valence electrons. The van der Waals surface area contributed by atoms with E-state index in [1.54, 1.807) is 18.2 Å². The van der Waals surface area contributed by atoms with Gasteiger partial charge in [-0.1, -0.05) is 36.0 Å². The zero-order valence-electron chi connectivity index (χ0n) is 19.5. The van der Waals surface area contributed by atoms with Crippen molar-refractivity contribution in [1.29, 1.82) is 0 Å². The minimum Gasteiger partial charge on any atom is -0.485 e. The van der Waals surface area contributed by atoms with Gasteiger partial charge in [0.05, 0.1) is 0 Å². The van der Waals surface area contributed by atoms with Gasteiger partial charge in [0.1, 0.15) is 12.4 Å². The van der Waals surface area contributed by atoms with Crippen LogP contribution in [0.25, 0.3) is 10.8 Å². The second-order valence-corrected chi connectivity index (χ2v) is 9.50. The molecule has 36 heavy (non-hydrogen) atoms. The van der Waals surface area contributed by atoms with Crippen molar-refractivity contribution >= 4 is 34.3 Å². The Morgan fingerprint density at radius 1 is 0.972 bits per heavy atom. The maximum absolute atomic E-state index is 13.0. The molecule has 1 aromatic heterocycles. The molecular formula is C26H22N4O5S. The highest BCUT2D eigenvalue weighted by Crippen LogP contribution is 2.35. The largest absolute Gasteiger partial charge is 0.485 e. The van der Waals surface area contributed by atoms with Gasteiger partial charge in [-0.25, -0.2) is 0 Å². The molecule has 0 aliphatic carbocycles. The van der Waals surface area contributed by atoms with E-state index in [0.29, 0.717) is 52.9 Å². The van der Waals surface area contributed by atoms with Gasteiger partial charge in [0.2, 0.25) is 6.79 Å². The maximum atomic E-state index is 13.0. The highest BCUT2D eigenvalue weighted by molar-refractivity contribution is 7.99. The van der Waals surface area contributed by atoms with E-state index in [1.807, 2.05) is 48.0 Å². The summed E-state index contributed by atoms with van der Waals surface area (Å²) in [6, 6.07) is 16.5. The standard InChI is InChI=1S/C26H22N4O5S/c1-29-22(14-33-17-9-10-20-21(13-17)35-15-34-20)27-28-26(29)36-12-4-11-30-24(31)18-7-2-5-16-6-3-8-19(23(16)18)25(30)32/h2-3,5-10,13H,4,11-12,14-15H2,1H3. The SMILES string of the molecule is Cn1c(COc2ccc3c(c2)OCO3)nnc1SCCCN1C(=O)c2cccc3cccc(c23)C1=O. The van der Waals surface area contributed by atoms with E-state index in [2.05, 4.69) is 10.2 Å². The van der Waals surface area contributed by atoms with E-state index in [1.165, 1.54) is 16.7 Å². The Kier molecular flexibility index (Phi) is 5.73. The monoisotopic (exact) mass is 502 g/mol. The van der Waals surface area contributed by atoms with Crippen LogP contribution in [0.2, 0.25) is 0 Å². The van der Waals surface area contributed by atoms with Crippen molar-refractivity contribution in [3.8, 4) is 17.2 Å². The molecule has 2 aliphatic rings. The lowest BCUT2D eigenvalue weighted by Gasteiger charge is -2.27. The average Bonchev–Trinajstić information content (AvgIpc) is 3.51. The first-order valence-electron chi connectivity index (χ1n) is 11.5. The second-order valence-electron chi connectivity index (χ2n) is 8.43. The number of hydrogen-bond donors (Lipinski definition) is 0. The summed E-state index contributed by atoms with van der Waals surface area (Å²) in [4.78, 5) is 27.4. The van der Waals surface area contributed by atoms with Gasteiger partial charge < -0.3 is 18.8 Å². The molecule has 0 radical (unpaired) electrons. The Bertz CT molecular complexity index is 1450. The zero-order chi connectivity index (χ0) is 24.6. The van der Waals surface area contributed by atoms with E-state index < -0.39 is 0 Å². The normalized spacial score (nSPS) is 14.1. The maximum Gasteiger partial charge on any atom is 0.261 e. The van der Waals surface area contributed by atoms with Crippen molar-refractivity contribution in [2.45, 2.75) is 18.2 Å². The van der Waals surface area contributed by atoms with Gasteiger partial charge >= 0.3 is 0 Å². The second kappa shape index (κ2) is 9.19. The smallest absolute Gasteiger partial charge is 0.261 e. The van der Waals surface area contributed by atoms with E-state index in [9.17, 15) is 9.59 Å². The lowest BCUT2D eigenvalue weighted by molar-refractivity contribution is 0.0611.